The Balaban J connectivity index is 1.92. The molecular formula is C19H20N2O4. The summed E-state index contributed by atoms with van der Waals surface area (Å²) in [5.74, 6) is 0.701. The Morgan fingerprint density at radius 2 is 1.84 bits per heavy atom. The van der Waals surface area contributed by atoms with Crippen LogP contribution in [0.2, 0.25) is 0 Å². The summed E-state index contributed by atoms with van der Waals surface area (Å²) in [6, 6.07) is 10.5. The van der Waals surface area contributed by atoms with Crippen LogP contribution in [0.1, 0.15) is 33.2 Å². The van der Waals surface area contributed by atoms with Gasteiger partial charge in [-0.2, -0.15) is 0 Å². The van der Waals surface area contributed by atoms with Crippen molar-refractivity contribution in [2.75, 3.05) is 26.1 Å². The number of methoxy groups -OCH3 is 2. The van der Waals surface area contributed by atoms with Crippen LogP contribution in [0.4, 0.5) is 5.69 Å². The lowest BCUT2D eigenvalue weighted by molar-refractivity contribution is 0.0783. The maximum absolute atomic E-state index is 12.8. The fourth-order valence-corrected chi connectivity index (χ4v) is 2.94. The molecule has 0 saturated heterocycles. The van der Waals surface area contributed by atoms with Crippen LogP contribution >= 0.6 is 0 Å². The van der Waals surface area contributed by atoms with Gasteiger partial charge in [0.25, 0.3) is 11.8 Å². The molecule has 6 heteroatoms. The summed E-state index contributed by atoms with van der Waals surface area (Å²) in [6.07, 6.45) is 0. The van der Waals surface area contributed by atoms with Gasteiger partial charge in [-0.25, -0.2) is 0 Å². The van der Waals surface area contributed by atoms with Crippen LogP contribution < -0.4 is 14.8 Å². The third-order valence-electron chi connectivity index (χ3n) is 4.25. The van der Waals surface area contributed by atoms with E-state index in [0.717, 1.165) is 5.56 Å². The maximum atomic E-state index is 12.8. The van der Waals surface area contributed by atoms with Gasteiger partial charge in [-0.05, 0) is 18.6 Å². The number of nitrogens with zero attached hydrogens (tertiary/aromatic N) is 1. The van der Waals surface area contributed by atoms with Crippen LogP contribution in [0.5, 0.6) is 11.5 Å². The fraction of sp³-hybridized carbons (Fsp3) is 0.263. The van der Waals surface area contributed by atoms with Gasteiger partial charge in [-0.3, -0.25) is 9.59 Å². The number of hydrogen-bond donors (Lipinski definition) is 1. The molecule has 1 aliphatic heterocycles. The van der Waals surface area contributed by atoms with Crippen LogP contribution in [0, 0.1) is 0 Å². The molecule has 0 radical (unpaired) electrons. The number of carbonyl (C=O) groups is 2. The molecule has 130 valence electrons. The van der Waals surface area contributed by atoms with E-state index < -0.39 is 0 Å². The number of nitrogens with one attached hydrogen (secondary N) is 1. The molecule has 2 amide bonds. The molecule has 0 fully saturated rings. The van der Waals surface area contributed by atoms with E-state index in [4.69, 9.17) is 9.47 Å². The molecule has 1 heterocycles. The number of hydrogen-bond acceptors (Lipinski definition) is 4. The van der Waals surface area contributed by atoms with Crippen molar-refractivity contribution >= 4 is 17.5 Å². The third kappa shape index (κ3) is 3.15. The molecule has 0 saturated carbocycles. The summed E-state index contributed by atoms with van der Waals surface area (Å²) < 4.78 is 10.4. The Morgan fingerprint density at radius 1 is 1.16 bits per heavy atom. The lowest BCUT2D eigenvalue weighted by atomic mass is 10.0. The molecule has 0 aliphatic carbocycles. The number of carbonyl (C=O) groups excluding carboxylic acids is 2. The van der Waals surface area contributed by atoms with Crippen LogP contribution in [-0.4, -0.2) is 37.5 Å². The molecule has 25 heavy (non-hydrogen) atoms. The Hall–Kier alpha value is -3.02. The molecule has 0 unspecified atom stereocenters. The monoisotopic (exact) mass is 340 g/mol. The van der Waals surface area contributed by atoms with E-state index in [2.05, 4.69) is 5.32 Å². The SMILES string of the molecule is CCN1Cc2cccc(C(=O)Nc3cc(OC)cc(OC)c3)c2C1=O. The predicted octanol–water partition coefficient (Wildman–Crippen LogP) is 2.93. The predicted molar refractivity (Wildman–Crippen MR) is 94.4 cm³/mol. The minimum atomic E-state index is -0.335. The van der Waals surface area contributed by atoms with E-state index >= 15 is 0 Å². The van der Waals surface area contributed by atoms with Gasteiger partial charge in [-0.15, -0.1) is 0 Å². The zero-order valence-corrected chi connectivity index (χ0v) is 14.5. The highest BCUT2D eigenvalue weighted by atomic mass is 16.5. The Kier molecular flexibility index (Phi) is 4.61. The minimum Gasteiger partial charge on any atom is -0.497 e. The van der Waals surface area contributed by atoms with E-state index in [1.165, 1.54) is 0 Å². The van der Waals surface area contributed by atoms with Gasteiger partial charge in [0.15, 0.2) is 0 Å². The molecule has 1 N–H and O–H groups in total. The van der Waals surface area contributed by atoms with Crippen molar-refractivity contribution in [3.63, 3.8) is 0 Å². The summed E-state index contributed by atoms with van der Waals surface area (Å²) in [5, 5.41) is 2.82. The standard InChI is InChI=1S/C19H20N2O4/c1-4-21-11-12-6-5-7-16(17(12)19(21)23)18(22)20-13-8-14(24-2)10-15(9-13)25-3/h5-10H,4,11H2,1-3H3,(H,20,22). The van der Waals surface area contributed by atoms with Gasteiger partial charge < -0.3 is 19.7 Å². The van der Waals surface area contributed by atoms with Crippen molar-refractivity contribution in [3.8, 4) is 11.5 Å². The van der Waals surface area contributed by atoms with Crippen molar-refractivity contribution in [2.24, 2.45) is 0 Å². The smallest absolute Gasteiger partial charge is 0.256 e. The number of benzene rings is 2. The average molecular weight is 340 g/mol. The van der Waals surface area contributed by atoms with Crippen LogP contribution in [0.25, 0.3) is 0 Å². The molecule has 2 aromatic carbocycles. The topological polar surface area (TPSA) is 67.9 Å². The van der Waals surface area contributed by atoms with Crippen molar-refractivity contribution in [1.29, 1.82) is 0 Å². The van der Waals surface area contributed by atoms with E-state index in [-0.39, 0.29) is 11.8 Å². The number of ether oxygens (including phenoxy) is 2. The fourth-order valence-electron chi connectivity index (χ4n) is 2.94. The van der Waals surface area contributed by atoms with Gasteiger partial charge in [0.1, 0.15) is 11.5 Å². The first-order valence-electron chi connectivity index (χ1n) is 8.03. The normalized spacial score (nSPS) is 12.8. The summed E-state index contributed by atoms with van der Waals surface area (Å²) in [4.78, 5) is 27.0. The Labute approximate surface area is 146 Å². The highest BCUT2D eigenvalue weighted by Crippen LogP contribution is 2.29. The van der Waals surface area contributed by atoms with Crippen molar-refractivity contribution in [3.05, 3.63) is 53.1 Å². The first kappa shape index (κ1) is 16.8. The first-order chi connectivity index (χ1) is 12.1. The van der Waals surface area contributed by atoms with Gasteiger partial charge in [0, 0.05) is 37.0 Å². The van der Waals surface area contributed by atoms with E-state index in [1.807, 2.05) is 13.0 Å². The highest BCUT2D eigenvalue weighted by molar-refractivity contribution is 6.13. The number of amides is 2. The average Bonchev–Trinajstić information content (AvgIpc) is 2.97. The lowest BCUT2D eigenvalue weighted by Crippen LogP contribution is -2.24. The molecule has 2 aromatic rings. The molecule has 3 rings (SSSR count). The van der Waals surface area contributed by atoms with Crippen LogP contribution in [-0.2, 0) is 6.54 Å². The van der Waals surface area contributed by atoms with E-state index in [1.54, 1.807) is 49.5 Å². The second kappa shape index (κ2) is 6.84. The van der Waals surface area contributed by atoms with Crippen LogP contribution in [0.3, 0.4) is 0 Å². The zero-order chi connectivity index (χ0) is 18.0. The van der Waals surface area contributed by atoms with E-state index in [9.17, 15) is 9.59 Å². The molecule has 0 bridgehead atoms. The van der Waals surface area contributed by atoms with Crippen molar-refractivity contribution in [2.45, 2.75) is 13.5 Å². The Morgan fingerprint density at radius 3 is 2.44 bits per heavy atom. The summed E-state index contributed by atoms with van der Waals surface area (Å²) in [5.41, 5.74) is 2.27. The molecule has 6 nitrogen and oxygen atoms in total. The van der Waals surface area contributed by atoms with E-state index in [0.29, 0.717) is 41.4 Å². The molecule has 1 aliphatic rings. The van der Waals surface area contributed by atoms with Crippen molar-refractivity contribution < 1.29 is 19.1 Å². The zero-order valence-electron chi connectivity index (χ0n) is 14.5. The Bertz CT molecular complexity index is 810. The summed E-state index contributed by atoms with van der Waals surface area (Å²) in [7, 11) is 3.09. The van der Waals surface area contributed by atoms with Gasteiger partial charge >= 0.3 is 0 Å². The maximum Gasteiger partial charge on any atom is 0.256 e. The van der Waals surface area contributed by atoms with Crippen molar-refractivity contribution in [1.82, 2.24) is 4.90 Å². The first-order valence-corrected chi connectivity index (χ1v) is 8.03. The minimum absolute atomic E-state index is 0.105. The van der Waals surface area contributed by atoms with Gasteiger partial charge in [-0.1, -0.05) is 12.1 Å². The molecule has 0 spiro atoms. The quantitative estimate of drug-likeness (QED) is 0.909. The van der Waals surface area contributed by atoms with Crippen LogP contribution in [0.15, 0.2) is 36.4 Å². The largest absolute Gasteiger partial charge is 0.497 e. The van der Waals surface area contributed by atoms with Gasteiger partial charge in [0.2, 0.25) is 0 Å². The summed E-state index contributed by atoms with van der Waals surface area (Å²) >= 11 is 0. The second-order valence-corrected chi connectivity index (χ2v) is 5.71. The number of anilines is 1. The highest BCUT2D eigenvalue weighted by Gasteiger charge is 2.30. The molecule has 0 aromatic heterocycles. The number of fused-ring (bicyclic) bond motifs is 1. The molecule has 0 atom stereocenters. The summed E-state index contributed by atoms with van der Waals surface area (Å²) in [6.45, 7) is 3.08. The number of rotatable bonds is 5. The second-order valence-electron chi connectivity index (χ2n) is 5.71. The van der Waals surface area contributed by atoms with Gasteiger partial charge in [0.05, 0.1) is 25.3 Å². The molecular weight excluding hydrogens is 320 g/mol. The third-order valence-corrected chi connectivity index (χ3v) is 4.25. The lowest BCUT2D eigenvalue weighted by Gasteiger charge is -2.12.